The van der Waals surface area contributed by atoms with Crippen LogP contribution in [-0.4, -0.2) is 30.3 Å². The molecule has 0 radical (unpaired) electrons. The van der Waals surface area contributed by atoms with E-state index in [9.17, 15) is 0 Å². The summed E-state index contributed by atoms with van der Waals surface area (Å²) in [6, 6.07) is 2.04. The summed E-state index contributed by atoms with van der Waals surface area (Å²) in [4.78, 5) is 4.42. The maximum absolute atomic E-state index is 5.42. The Balaban J connectivity index is 1.91. The number of anilines is 2. The van der Waals surface area contributed by atoms with Crippen molar-refractivity contribution in [3.63, 3.8) is 0 Å². The van der Waals surface area contributed by atoms with E-state index in [0.29, 0.717) is 0 Å². The molecule has 0 unspecified atom stereocenters. The van der Waals surface area contributed by atoms with Crippen molar-refractivity contribution in [1.29, 1.82) is 0 Å². The Kier molecular flexibility index (Phi) is 2.24. The topological polar surface area (TPSA) is 46.2 Å². The van der Waals surface area contributed by atoms with Crippen LogP contribution >= 0.6 is 0 Å². The normalized spacial score (nSPS) is 22.1. The smallest absolute Gasteiger partial charge is 0.150 e. The fourth-order valence-corrected chi connectivity index (χ4v) is 2.49. The monoisotopic (exact) mass is 219 g/mol. The highest BCUT2D eigenvalue weighted by molar-refractivity contribution is 5.71. The number of nitrogens with zero attached hydrogens (tertiary/aromatic N) is 1. The summed E-state index contributed by atoms with van der Waals surface area (Å²) < 4.78 is 5.42. The second kappa shape index (κ2) is 3.63. The van der Waals surface area contributed by atoms with E-state index in [1.807, 2.05) is 12.3 Å². The van der Waals surface area contributed by atoms with Gasteiger partial charge in [0.1, 0.15) is 5.82 Å². The lowest BCUT2D eigenvalue weighted by molar-refractivity contribution is 0.0633. The number of aromatic nitrogens is 1. The molecule has 3 heterocycles. The number of hydrogen-bond donors (Lipinski definition) is 2. The van der Waals surface area contributed by atoms with E-state index in [1.165, 1.54) is 5.56 Å². The minimum atomic E-state index is 0.145. The average Bonchev–Trinajstić information content (AvgIpc) is 2.30. The third-order valence-electron chi connectivity index (χ3n) is 3.60. The molecule has 1 saturated heterocycles. The quantitative estimate of drug-likeness (QED) is 0.698. The van der Waals surface area contributed by atoms with Gasteiger partial charge in [-0.25, -0.2) is 4.98 Å². The number of rotatable bonds is 0. The van der Waals surface area contributed by atoms with Crippen LogP contribution in [0.4, 0.5) is 11.5 Å². The van der Waals surface area contributed by atoms with Crippen LogP contribution in [0.2, 0.25) is 0 Å². The third kappa shape index (κ3) is 1.53. The Labute approximate surface area is 95.4 Å². The van der Waals surface area contributed by atoms with E-state index in [-0.39, 0.29) is 5.54 Å². The van der Waals surface area contributed by atoms with Crippen molar-refractivity contribution < 1.29 is 4.74 Å². The molecule has 16 heavy (non-hydrogen) atoms. The number of fused-ring (bicyclic) bond motifs is 1. The Hall–Kier alpha value is -1.29. The summed E-state index contributed by atoms with van der Waals surface area (Å²) in [6.07, 6.45) is 3.96. The van der Waals surface area contributed by atoms with Crippen LogP contribution in [0.25, 0.3) is 0 Å². The van der Waals surface area contributed by atoms with E-state index in [4.69, 9.17) is 4.74 Å². The average molecular weight is 219 g/mol. The van der Waals surface area contributed by atoms with Crippen molar-refractivity contribution >= 4 is 11.5 Å². The van der Waals surface area contributed by atoms with Gasteiger partial charge in [-0.2, -0.15) is 0 Å². The summed E-state index contributed by atoms with van der Waals surface area (Å²) in [5.74, 6) is 0.994. The van der Waals surface area contributed by atoms with Gasteiger partial charge < -0.3 is 15.4 Å². The molecule has 1 aromatic heterocycles. The first-order valence-corrected chi connectivity index (χ1v) is 5.85. The van der Waals surface area contributed by atoms with Crippen molar-refractivity contribution in [2.75, 3.05) is 30.4 Å². The third-order valence-corrected chi connectivity index (χ3v) is 3.60. The van der Waals surface area contributed by atoms with Gasteiger partial charge in [-0.15, -0.1) is 0 Å². The van der Waals surface area contributed by atoms with E-state index in [0.717, 1.165) is 44.1 Å². The molecule has 0 bridgehead atoms. The highest BCUT2D eigenvalue weighted by Gasteiger charge is 2.36. The molecule has 1 spiro atoms. The molecule has 2 aliphatic heterocycles. The van der Waals surface area contributed by atoms with Crippen LogP contribution in [0.15, 0.2) is 12.3 Å². The lowest BCUT2D eigenvalue weighted by Crippen LogP contribution is -2.51. The fourth-order valence-electron chi connectivity index (χ4n) is 2.49. The molecule has 1 fully saturated rings. The van der Waals surface area contributed by atoms with Crippen LogP contribution in [0, 0.1) is 6.92 Å². The van der Waals surface area contributed by atoms with E-state index < -0.39 is 0 Å². The molecule has 4 nitrogen and oxygen atoms in total. The largest absolute Gasteiger partial charge is 0.381 e. The first kappa shape index (κ1) is 9.90. The van der Waals surface area contributed by atoms with Crippen LogP contribution in [-0.2, 0) is 4.74 Å². The molecule has 1 aromatic rings. The number of ether oxygens (including phenoxy) is 1. The molecule has 86 valence electrons. The van der Waals surface area contributed by atoms with Gasteiger partial charge in [0.05, 0.1) is 11.2 Å². The predicted octanol–water partition coefficient (Wildman–Crippen LogP) is 1.78. The van der Waals surface area contributed by atoms with Crippen LogP contribution in [0.5, 0.6) is 0 Å². The molecule has 4 heteroatoms. The zero-order chi connectivity index (χ0) is 11.0. The SMILES string of the molecule is Cc1ccnc2c1NCC1(CCOCC1)N2. The zero-order valence-corrected chi connectivity index (χ0v) is 9.55. The van der Waals surface area contributed by atoms with Gasteiger partial charge in [-0.05, 0) is 31.4 Å². The Morgan fingerprint density at radius 2 is 2.19 bits per heavy atom. The predicted molar refractivity (Wildman–Crippen MR) is 63.9 cm³/mol. The zero-order valence-electron chi connectivity index (χ0n) is 9.55. The number of aryl methyl sites for hydroxylation is 1. The fraction of sp³-hybridized carbons (Fsp3) is 0.583. The second-order valence-corrected chi connectivity index (χ2v) is 4.72. The van der Waals surface area contributed by atoms with Gasteiger partial charge in [0.15, 0.2) is 0 Å². The van der Waals surface area contributed by atoms with Crippen LogP contribution < -0.4 is 10.6 Å². The maximum Gasteiger partial charge on any atom is 0.150 e. The number of nitrogens with one attached hydrogen (secondary N) is 2. The molecular weight excluding hydrogens is 202 g/mol. The number of pyridine rings is 1. The van der Waals surface area contributed by atoms with E-state index in [2.05, 4.69) is 22.5 Å². The minimum Gasteiger partial charge on any atom is -0.381 e. The van der Waals surface area contributed by atoms with Crippen molar-refractivity contribution in [2.24, 2.45) is 0 Å². The Bertz CT molecular complexity index is 399. The molecule has 0 aromatic carbocycles. The van der Waals surface area contributed by atoms with Crippen LogP contribution in [0.1, 0.15) is 18.4 Å². The van der Waals surface area contributed by atoms with Gasteiger partial charge in [-0.1, -0.05) is 0 Å². The van der Waals surface area contributed by atoms with Crippen molar-refractivity contribution in [1.82, 2.24) is 4.98 Å². The molecule has 2 aliphatic rings. The van der Waals surface area contributed by atoms with E-state index >= 15 is 0 Å². The highest BCUT2D eigenvalue weighted by Crippen LogP contribution is 2.35. The summed E-state index contributed by atoms with van der Waals surface area (Å²) in [7, 11) is 0. The molecule has 0 aliphatic carbocycles. The molecule has 2 N–H and O–H groups in total. The maximum atomic E-state index is 5.42. The molecular formula is C12H17N3O. The number of hydrogen-bond acceptors (Lipinski definition) is 4. The molecule has 3 rings (SSSR count). The van der Waals surface area contributed by atoms with Gasteiger partial charge in [0.2, 0.25) is 0 Å². The van der Waals surface area contributed by atoms with Gasteiger partial charge >= 0.3 is 0 Å². The summed E-state index contributed by atoms with van der Waals surface area (Å²) in [6.45, 7) is 4.76. The van der Waals surface area contributed by atoms with Crippen molar-refractivity contribution in [3.8, 4) is 0 Å². The van der Waals surface area contributed by atoms with Gasteiger partial charge in [-0.3, -0.25) is 0 Å². The molecule has 0 amide bonds. The standard InChI is InChI=1S/C12H17N3O/c1-9-2-5-13-11-10(9)14-8-12(15-11)3-6-16-7-4-12/h2,5,14H,3-4,6-8H2,1H3,(H,13,15). The van der Waals surface area contributed by atoms with E-state index in [1.54, 1.807) is 0 Å². The highest BCUT2D eigenvalue weighted by atomic mass is 16.5. The minimum absolute atomic E-state index is 0.145. The molecule has 0 atom stereocenters. The Morgan fingerprint density at radius 3 is 3.00 bits per heavy atom. The summed E-state index contributed by atoms with van der Waals surface area (Å²) >= 11 is 0. The summed E-state index contributed by atoms with van der Waals surface area (Å²) in [5.41, 5.74) is 2.55. The Morgan fingerprint density at radius 1 is 1.38 bits per heavy atom. The lowest BCUT2D eigenvalue weighted by Gasteiger charge is -2.42. The first-order chi connectivity index (χ1) is 7.79. The first-order valence-electron chi connectivity index (χ1n) is 5.85. The van der Waals surface area contributed by atoms with Crippen molar-refractivity contribution in [3.05, 3.63) is 17.8 Å². The van der Waals surface area contributed by atoms with Crippen LogP contribution in [0.3, 0.4) is 0 Å². The summed E-state index contributed by atoms with van der Waals surface area (Å²) in [5, 5.41) is 7.11. The molecule has 0 saturated carbocycles. The van der Waals surface area contributed by atoms with Crippen molar-refractivity contribution in [2.45, 2.75) is 25.3 Å². The van der Waals surface area contributed by atoms with Gasteiger partial charge in [0.25, 0.3) is 0 Å². The lowest BCUT2D eigenvalue weighted by atomic mass is 9.88. The van der Waals surface area contributed by atoms with Gasteiger partial charge in [0, 0.05) is 26.0 Å². The second-order valence-electron chi connectivity index (χ2n) is 4.72.